The van der Waals surface area contributed by atoms with Crippen LogP contribution in [-0.4, -0.2) is 42.1 Å². The van der Waals surface area contributed by atoms with Gasteiger partial charge in [-0.1, -0.05) is 6.42 Å². The Labute approximate surface area is 129 Å². The maximum absolute atomic E-state index is 6.09. The van der Waals surface area contributed by atoms with E-state index in [4.69, 9.17) is 5.73 Å². The monoisotopic (exact) mass is 338 g/mol. The summed E-state index contributed by atoms with van der Waals surface area (Å²) in [5, 5.41) is 0. The fourth-order valence-electron chi connectivity index (χ4n) is 3.51. The lowest BCUT2D eigenvalue weighted by molar-refractivity contribution is 0.141. The summed E-state index contributed by atoms with van der Waals surface area (Å²) in [6.45, 7) is 4.78. The zero-order chi connectivity index (χ0) is 13.9. The molecular formula is C15H23BrN4. The molecule has 3 heterocycles. The van der Waals surface area contributed by atoms with Gasteiger partial charge in [0, 0.05) is 25.3 Å². The molecule has 2 N–H and O–H groups in total. The first-order chi connectivity index (χ1) is 9.75. The summed E-state index contributed by atoms with van der Waals surface area (Å²) in [5.41, 5.74) is 7.98. The van der Waals surface area contributed by atoms with Gasteiger partial charge in [-0.25, -0.2) is 0 Å². The summed E-state index contributed by atoms with van der Waals surface area (Å²) < 4.78 is 1.01. The van der Waals surface area contributed by atoms with Crippen molar-refractivity contribution < 1.29 is 0 Å². The van der Waals surface area contributed by atoms with Crippen molar-refractivity contribution in [2.45, 2.75) is 38.1 Å². The second-order valence-corrected chi connectivity index (χ2v) is 6.73. The maximum Gasteiger partial charge on any atom is 0.0776 e. The summed E-state index contributed by atoms with van der Waals surface area (Å²) in [6, 6.07) is 0.772. The van der Waals surface area contributed by atoms with Crippen LogP contribution >= 0.6 is 15.9 Å². The van der Waals surface area contributed by atoms with Crippen molar-refractivity contribution >= 4 is 27.3 Å². The van der Waals surface area contributed by atoms with Gasteiger partial charge in [-0.05, 0) is 54.7 Å². The molecule has 2 fully saturated rings. The molecule has 110 valence electrons. The van der Waals surface area contributed by atoms with E-state index in [1.807, 2.05) is 6.20 Å². The first-order valence-corrected chi connectivity index (χ1v) is 8.43. The molecule has 3 rings (SSSR count). The van der Waals surface area contributed by atoms with Gasteiger partial charge in [0.2, 0.25) is 0 Å². The molecule has 1 aromatic rings. The van der Waals surface area contributed by atoms with E-state index in [9.17, 15) is 0 Å². The van der Waals surface area contributed by atoms with Crippen LogP contribution in [0.4, 0.5) is 11.4 Å². The number of pyridine rings is 1. The number of hydrogen-bond acceptors (Lipinski definition) is 4. The molecule has 0 atom stereocenters. The van der Waals surface area contributed by atoms with Crippen LogP contribution in [-0.2, 0) is 0 Å². The smallest absolute Gasteiger partial charge is 0.0776 e. The number of nitrogen functional groups attached to an aromatic ring is 1. The molecule has 0 saturated carbocycles. The molecule has 20 heavy (non-hydrogen) atoms. The van der Waals surface area contributed by atoms with Gasteiger partial charge < -0.3 is 15.5 Å². The fraction of sp³-hybridized carbons (Fsp3) is 0.667. The Morgan fingerprint density at radius 3 is 2.40 bits per heavy atom. The number of rotatable bonds is 2. The standard InChI is InChI=1S/C15H23BrN4/c16-13-10-18-11-14(17)15(13)20-8-4-12(5-9-20)19-6-2-1-3-7-19/h10-12H,1-9,17H2. The first-order valence-electron chi connectivity index (χ1n) is 7.63. The van der Waals surface area contributed by atoms with Crippen LogP contribution in [0.5, 0.6) is 0 Å². The highest BCUT2D eigenvalue weighted by Crippen LogP contribution is 2.33. The molecule has 0 bridgehead atoms. The minimum Gasteiger partial charge on any atom is -0.396 e. The molecule has 4 nitrogen and oxygen atoms in total. The third-order valence-electron chi connectivity index (χ3n) is 4.59. The predicted octanol–water partition coefficient (Wildman–Crippen LogP) is 2.88. The van der Waals surface area contributed by atoms with Gasteiger partial charge in [0.25, 0.3) is 0 Å². The third-order valence-corrected chi connectivity index (χ3v) is 5.17. The van der Waals surface area contributed by atoms with Gasteiger partial charge in [-0.3, -0.25) is 4.98 Å². The number of nitrogens with two attached hydrogens (primary N) is 1. The minimum atomic E-state index is 0.772. The van der Waals surface area contributed by atoms with Crippen LogP contribution in [0.3, 0.4) is 0 Å². The molecule has 1 aromatic heterocycles. The van der Waals surface area contributed by atoms with Crippen LogP contribution in [0.15, 0.2) is 16.9 Å². The molecule has 0 aromatic carbocycles. The van der Waals surface area contributed by atoms with Crippen LogP contribution in [0.25, 0.3) is 0 Å². The van der Waals surface area contributed by atoms with Gasteiger partial charge in [0.1, 0.15) is 0 Å². The Bertz CT molecular complexity index is 431. The number of piperidine rings is 2. The van der Waals surface area contributed by atoms with E-state index in [2.05, 4.69) is 30.7 Å². The van der Waals surface area contributed by atoms with Crippen LogP contribution < -0.4 is 10.6 Å². The molecule has 2 aliphatic rings. The van der Waals surface area contributed by atoms with Gasteiger partial charge in [0.05, 0.1) is 22.0 Å². The van der Waals surface area contributed by atoms with Gasteiger partial charge >= 0.3 is 0 Å². The Balaban J connectivity index is 1.63. The summed E-state index contributed by atoms with van der Waals surface area (Å²) >= 11 is 3.58. The van der Waals surface area contributed by atoms with Crippen molar-refractivity contribution in [2.24, 2.45) is 0 Å². The van der Waals surface area contributed by atoms with E-state index in [-0.39, 0.29) is 0 Å². The minimum absolute atomic E-state index is 0.772. The molecule has 0 amide bonds. The number of anilines is 2. The number of halogens is 1. The molecule has 0 aliphatic carbocycles. The molecule has 5 heteroatoms. The van der Waals surface area contributed by atoms with E-state index in [0.717, 1.165) is 35.0 Å². The van der Waals surface area contributed by atoms with Crippen molar-refractivity contribution in [1.82, 2.24) is 9.88 Å². The lowest BCUT2D eigenvalue weighted by atomic mass is 9.99. The molecule has 0 spiro atoms. The summed E-state index contributed by atoms with van der Waals surface area (Å²) in [7, 11) is 0. The highest BCUT2D eigenvalue weighted by molar-refractivity contribution is 9.10. The maximum atomic E-state index is 6.09. The topological polar surface area (TPSA) is 45.4 Å². The molecule has 0 unspecified atom stereocenters. The van der Waals surface area contributed by atoms with Crippen molar-refractivity contribution in [3.63, 3.8) is 0 Å². The quantitative estimate of drug-likeness (QED) is 0.900. The Morgan fingerprint density at radius 2 is 1.75 bits per heavy atom. The van der Waals surface area contributed by atoms with Crippen molar-refractivity contribution in [1.29, 1.82) is 0 Å². The summed E-state index contributed by atoms with van der Waals surface area (Å²) in [6.07, 6.45) is 10.2. The lowest BCUT2D eigenvalue weighted by Crippen LogP contribution is -2.47. The van der Waals surface area contributed by atoms with E-state index in [1.165, 1.54) is 45.2 Å². The van der Waals surface area contributed by atoms with E-state index in [1.54, 1.807) is 6.20 Å². The van der Waals surface area contributed by atoms with Gasteiger partial charge in [-0.15, -0.1) is 0 Å². The van der Waals surface area contributed by atoms with Gasteiger partial charge in [-0.2, -0.15) is 0 Å². The number of hydrogen-bond donors (Lipinski definition) is 1. The van der Waals surface area contributed by atoms with Crippen LogP contribution in [0.1, 0.15) is 32.1 Å². The SMILES string of the molecule is Nc1cncc(Br)c1N1CCC(N2CCCCC2)CC1. The normalized spacial score (nSPS) is 22.1. The molecule has 0 radical (unpaired) electrons. The second kappa shape index (κ2) is 6.31. The molecule has 2 aliphatic heterocycles. The van der Waals surface area contributed by atoms with E-state index < -0.39 is 0 Å². The Kier molecular flexibility index (Phi) is 4.46. The Hall–Kier alpha value is -0.810. The van der Waals surface area contributed by atoms with E-state index in [0.29, 0.717) is 0 Å². The van der Waals surface area contributed by atoms with Crippen molar-refractivity contribution in [2.75, 3.05) is 36.8 Å². The summed E-state index contributed by atoms with van der Waals surface area (Å²) in [5.74, 6) is 0. The average Bonchev–Trinajstić information content (AvgIpc) is 2.49. The number of likely N-dealkylation sites (tertiary alicyclic amines) is 1. The zero-order valence-electron chi connectivity index (χ0n) is 11.9. The van der Waals surface area contributed by atoms with Gasteiger partial charge in [0.15, 0.2) is 0 Å². The van der Waals surface area contributed by atoms with E-state index >= 15 is 0 Å². The molecule has 2 saturated heterocycles. The van der Waals surface area contributed by atoms with Crippen LogP contribution in [0, 0.1) is 0 Å². The zero-order valence-corrected chi connectivity index (χ0v) is 13.5. The van der Waals surface area contributed by atoms with Crippen molar-refractivity contribution in [3.8, 4) is 0 Å². The average molecular weight is 339 g/mol. The van der Waals surface area contributed by atoms with Crippen molar-refractivity contribution in [3.05, 3.63) is 16.9 Å². The third kappa shape index (κ3) is 2.93. The lowest BCUT2D eigenvalue weighted by Gasteiger charge is -2.41. The highest BCUT2D eigenvalue weighted by Gasteiger charge is 2.27. The highest BCUT2D eigenvalue weighted by atomic mass is 79.9. The summed E-state index contributed by atoms with van der Waals surface area (Å²) in [4.78, 5) is 9.23. The predicted molar refractivity (Wildman–Crippen MR) is 87.0 cm³/mol. The second-order valence-electron chi connectivity index (χ2n) is 5.87. The first kappa shape index (κ1) is 14.1. The molecular weight excluding hydrogens is 316 g/mol. The fourth-order valence-corrected chi connectivity index (χ4v) is 4.11. The van der Waals surface area contributed by atoms with Crippen LogP contribution in [0.2, 0.25) is 0 Å². The Morgan fingerprint density at radius 1 is 1.05 bits per heavy atom. The largest absolute Gasteiger partial charge is 0.396 e. The number of nitrogens with zero attached hydrogens (tertiary/aromatic N) is 3. The number of aromatic nitrogens is 1.